The van der Waals surface area contributed by atoms with E-state index in [1.54, 1.807) is 42.5 Å². The van der Waals surface area contributed by atoms with Crippen molar-refractivity contribution in [2.45, 2.75) is 193 Å². The van der Waals surface area contributed by atoms with E-state index in [0.717, 1.165) is 31.6 Å². The third-order valence-corrected chi connectivity index (χ3v) is 11.8. The first-order chi connectivity index (χ1) is 31.6. The summed E-state index contributed by atoms with van der Waals surface area (Å²) < 4.78 is 47.7. The number of ether oxygens (including phenoxy) is 2. The quantitative estimate of drug-likeness (QED) is 0.0109. The van der Waals surface area contributed by atoms with Crippen LogP contribution in [0.25, 0.3) is 0 Å². The fourth-order valence-corrected chi connectivity index (χ4v) is 7.40. The molecule has 0 saturated heterocycles. The summed E-state index contributed by atoms with van der Waals surface area (Å²) in [5.41, 5.74) is 0. The first kappa shape index (κ1) is 63.5. The molecule has 66 heavy (non-hydrogen) atoms. The van der Waals surface area contributed by atoms with Crippen molar-refractivity contribution in [3.63, 3.8) is 0 Å². The van der Waals surface area contributed by atoms with E-state index < -0.39 is 78.4 Å². The van der Waals surface area contributed by atoms with E-state index in [1.165, 1.54) is 77.0 Å². The number of rotatable bonds is 44. The van der Waals surface area contributed by atoms with E-state index in [-0.39, 0.29) is 12.8 Å². The number of aliphatic hydroxyl groups is 3. The minimum atomic E-state index is -4.89. The summed E-state index contributed by atoms with van der Waals surface area (Å²) in [5.74, 6) is -0.363. The number of phosphoric ester groups is 2. The molecule has 0 aliphatic rings. The van der Waals surface area contributed by atoms with Crippen LogP contribution in [0.1, 0.15) is 168 Å². The Bertz CT molecular complexity index is 1490. The highest BCUT2D eigenvalue weighted by atomic mass is 31.2. The van der Waals surface area contributed by atoms with Crippen LogP contribution in [-0.2, 0) is 41.8 Å². The summed E-state index contributed by atoms with van der Waals surface area (Å²) in [7, 11) is -9.76. The average Bonchev–Trinajstić information content (AvgIpc) is 3.27. The summed E-state index contributed by atoms with van der Waals surface area (Å²) in [6, 6.07) is 0. The Balaban J connectivity index is 4.69. The Morgan fingerprint density at radius 2 is 1.12 bits per heavy atom. The second-order valence-corrected chi connectivity index (χ2v) is 19.3. The van der Waals surface area contributed by atoms with Crippen molar-refractivity contribution in [3.8, 4) is 0 Å². The van der Waals surface area contributed by atoms with Gasteiger partial charge in [0.05, 0.1) is 32.0 Å². The van der Waals surface area contributed by atoms with Gasteiger partial charge in [-0.3, -0.25) is 23.2 Å². The SMILES string of the molecule is CC/C=C\C[C@H](O)/C=C/C=C\C/C=C\C=C\[C@H](O)/C=C\CCCC(=O)O[C@H](COC(=O)CCCCCCCCCCCCCCCCC(C)CC)COP(=O)(O)OC[C@@H](O)COP(=O)(O)O. The fourth-order valence-electron chi connectivity index (χ4n) is 6.24. The molecule has 15 nitrogen and oxygen atoms in total. The summed E-state index contributed by atoms with van der Waals surface area (Å²) in [6.07, 6.45) is 39.6. The van der Waals surface area contributed by atoms with Gasteiger partial charge in [0.15, 0.2) is 6.10 Å². The van der Waals surface area contributed by atoms with Crippen LogP contribution in [-0.4, -0.2) is 92.8 Å². The van der Waals surface area contributed by atoms with Crippen molar-refractivity contribution in [2.75, 3.05) is 26.4 Å². The summed E-state index contributed by atoms with van der Waals surface area (Å²) in [4.78, 5) is 52.9. The van der Waals surface area contributed by atoms with Gasteiger partial charge in [-0.05, 0) is 44.4 Å². The Kier molecular flexibility index (Phi) is 40.9. The molecular weight excluding hydrogens is 890 g/mol. The van der Waals surface area contributed by atoms with Crippen molar-refractivity contribution in [2.24, 2.45) is 5.92 Å². The molecule has 0 fully saturated rings. The molecule has 2 unspecified atom stereocenters. The van der Waals surface area contributed by atoms with Gasteiger partial charge in [-0.15, -0.1) is 0 Å². The molecule has 0 saturated carbocycles. The molecule has 6 atom stereocenters. The lowest BCUT2D eigenvalue weighted by Crippen LogP contribution is -2.29. The normalized spacial score (nSPS) is 16.0. The minimum absolute atomic E-state index is 0.0567. The lowest BCUT2D eigenvalue weighted by atomic mass is 9.99. The van der Waals surface area contributed by atoms with Gasteiger partial charge in [0.1, 0.15) is 12.7 Å². The zero-order valence-electron chi connectivity index (χ0n) is 40.2. The second kappa shape index (κ2) is 42.6. The van der Waals surface area contributed by atoms with E-state index in [0.29, 0.717) is 32.1 Å². The highest BCUT2D eigenvalue weighted by Gasteiger charge is 2.28. The number of unbranched alkanes of at least 4 members (excludes halogenated alkanes) is 14. The van der Waals surface area contributed by atoms with Crippen LogP contribution >= 0.6 is 15.6 Å². The molecule has 0 rings (SSSR count). The topological polar surface area (TPSA) is 236 Å². The zero-order chi connectivity index (χ0) is 49.2. The maximum Gasteiger partial charge on any atom is 0.472 e. The van der Waals surface area contributed by atoms with Gasteiger partial charge in [0, 0.05) is 12.8 Å². The molecule has 0 bridgehead atoms. The number of carbonyl (C=O) groups is 2. The molecule has 0 aromatic rings. The largest absolute Gasteiger partial charge is 0.472 e. The number of hydrogen-bond acceptors (Lipinski definition) is 12. The van der Waals surface area contributed by atoms with Crippen molar-refractivity contribution < 1.29 is 71.8 Å². The van der Waals surface area contributed by atoms with Gasteiger partial charge in [-0.25, -0.2) is 9.13 Å². The number of hydrogen-bond donors (Lipinski definition) is 6. The maximum absolute atomic E-state index is 12.7. The molecule has 0 radical (unpaired) electrons. The minimum Gasteiger partial charge on any atom is -0.462 e. The average molecular weight is 977 g/mol. The number of phosphoric acid groups is 2. The summed E-state index contributed by atoms with van der Waals surface area (Å²) in [5, 5.41) is 29.8. The molecule has 0 aliphatic carbocycles. The predicted molar refractivity (Wildman–Crippen MR) is 260 cm³/mol. The maximum atomic E-state index is 12.7. The van der Waals surface area contributed by atoms with Crippen molar-refractivity contribution in [1.82, 2.24) is 0 Å². The zero-order valence-corrected chi connectivity index (χ0v) is 41.9. The standard InChI is InChI=1S/C49H86O15P2/c1-4-6-25-33-44(50)34-27-21-17-15-18-22-28-35-45(51)36-29-24-31-38-49(54)64-47(42-63-66(58,59)62-40-46(52)39-61-65(55,56)57)41-60-48(53)37-30-23-19-14-12-10-8-7-9-11-13-16-20-26-32-43(3)5-2/h6,17-18,21-22,25,27-29,34-36,43-47,50-52H,4-5,7-16,19-20,23-24,26,30-33,37-42H2,1-3H3,(H,58,59)(H2,55,56,57)/b21-17-,22-18-,25-6-,34-27+,35-28+,36-29-/t43?,44-,45-,46-,47+/m0/s1. The van der Waals surface area contributed by atoms with Crippen molar-refractivity contribution in [1.29, 1.82) is 0 Å². The Morgan fingerprint density at radius 3 is 1.71 bits per heavy atom. The van der Waals surface area contributed by atoms with Gasteiger partial charge in [0.25, 0.3) is 0 Å². The van der Waals surface area contributed by atoms with Crippen LogP contribution in [0, 0.1) is 5.92 Å². The first-order valence-electron chi connectivity index (χ1n) is 24.3. The molecule has 0 amide bonds. The number of esters is 2. The molecule has 0 heterocycles. The molecule has 6 N–H and O–H groups in total. The third-order valence-electron chi connectivity index (χ3n) is 10.3. The van der Waals surface area contributed by atoms with E-state index >= 15 is 0 Å². The van der Waals surface area contributed by atoms with Crippen LogP contribution in [0.5, 0.6) is 0 Å². The molecule has 0 spiro atoms. The summed E-state index contributed by atoms with van der Waals surface area (Å²) >= 11 is 0. The van der Waals surface area contributed by atoms with Gasteiger partial charge in [0.2, 0.25) is 0 Å². The number of aliphatic hydroxyl groups excluding tert-OH is 3. The Labute approximate surface area is 396 Å². The second-order valence-electron chi connectivity index (χ2n) is 16.7. The van der Waals surface area contributed by atoms with Crippen LogP contribution < -0.4 is 0 Å². The Hall–Kier alpha value is -2.52. The van der Waals surface area contributed by atoms with Crippen molar-refractivity contribution >= 4 is 27.6 Å². The van der Waals surface area contributed by atoms with E-state index in [9.17, 15) is 38.9 Å². The van der Waals surface area contributed by atoms with Gasteiger partial charge in [-0.1, -0.05) is 190 Å². The fraction of sp³-hybridized carbons (Fsp3) is 0.714. The van der Waals surface area contributed by atoms with Gasteiger partial charge in [-0.2, -0.15) is 0 Å². The van der Waals surface area contributed by atoms with E-state index in [4.69, 9.17) is 23.8 Å². The van der Waals surface area contributed by atoms with E-state index in [2.05, 4.69) is 22.9 Å². The highest BCUT2D eigenvalue weighted by Crippen LogP contribution is 2.43. The van der Waals surface area contributed by atoms with Crippen LogP contribution in [0.3, 0.4) is 0 Å². The van der Waals surface area contributed by atoms with E-state index in [1.807, 2.05) is 37.3 Å². The van der Waals surface area contributed by atoms with Gasteiger partial charge >= 0.3 is 27.6 Å². The highest BCUT2D eigenvalue weighted by molar-refractivity contribution is 7.47. The molecule has 382 valence electrons. The third kappa shape index (κ3) is 45.3. The van der Waals surface area contributed by atoms with Crippen LogP contribution in [0.4, 0.5) is 0 Å². The summed E-state index contributed by atoms with van der Waals surface area (Å²) in [6.45, 7) is 3.72. The number of allylic oxidation sites excluding steroid dienone is 8. The van der Waals surface area contributed by atoms with Crippen molar-refractivity contribution in [3.05, 3.63) is 72.9 Å². The lowest BCUT2D eigenvalue weighted by Gasteiger charge is -2.20. The Morgan fingerprint density at radius 1 is 0.576 bits per heavy atom. The molecule has 0 aromatic carbocycles. The van der Waals surface area contributed by atoms with Crippen LogP contribution in [0.15, 0.2) is 72.9 Å². The van der Waals surface area contributed by atoms with Crippen LogP contribution in [0.2, 0.25) is 0 Å². The van der Waals surface area contributed by atoms with Gasteiger partial charge < -0.3 is 39.5 Å². The number of carbonyl (C=O) groups excluding carboxylic acids is 2. The molecule has 0 aliphatic heterocycles. The predicted octanol–water partition coefficient (Wildman–Crippen LogP) is 10.8. The smallest absolute Gasteiger partial charge is 0.462 e. The molecule has 0 aromatic heterocycles. The molecular formula is C49H86O15P2. The first-order valence-corrected chi connectivity index (χ1v) is 27.3. The monoisotopic (exact) mass is 977 g/mol. The molecule has 17 heteroatoms. The lowest BCUT2D eigenvalue weighted by molar-refractivity contribution is -0.161.